The first-order chi connectivity index (χ1) is 11.9. The van der Waals surface area contributed by atoms with Crippen LogP contribution in [0, 0.1) is 6.92 Å². The zero-order chi connectivity index (χ0) is 18.0. The van der Waals surface area contributed by atoms with Crippen LogP contribution in [0.25, 0.3) is 11.0 Å². The molecule has 0 atom stereocenters. The Labute approximate surface area is 145 Å². The molecule has 0 aliphatic rings. The van der Waals surface area contributed by atoms with Gasteiger partial charge in [0.15, 0.2) is 0 Å². The second-order valence-corrected chi connectivity index (χ2v) is 5.97. The number of carbonyl (C=O) groups excluding carboxylic acids is 2. The third kappa shape index (κ3) is 3.77. The van der Waals surface area contributed by atoms with E-state index in [9.17, 15) is 9.59 Å². The maximum atomic E-state index is 12.4. The van der Waals surface area contributed by atoms with Gasteiger partial charge in [-0.05, 0) is 42.8 Å². The Morgan fingerprint density at radius 1 is 1.08 bits per heavy atom. The van der Waals surface area contributed by atoms with Crippen molar-refractivity contribution in [3.63, 3.8) is 0 Å². The lowest BCUT2D eigenvalue weighted by atomic mass is 10.2. The normalized spacial score (nSPS) is 10.5. The summed E-state index contributed by atoms with van der Waals surface area (Å²) in [5.41, 5.74) is 3.73. The number of aryl methyl sites for hydroxylation is 1. The van der Waals surface area contributed by atoms with Gasteiger partial charge in [-0.25, -0.2) is 9.78 Å². The summed E-state index contributed by atoms with van der Waals surface area (Å²) >= 11 is 0. The lowest BCUT2D eigenvalue weighted by Crippen LogP contribution is -2.27. The van der Waals surface area contributed by atoms with E-state index in [0.717, 1.165) is 16.6 Å². The lowest BCUT2D eigenvalue weighted by Gasteiger charge is -2.12. The van der Waals surface area contributed by atoms with E-state index in [4.69, 9.17) is 0 Å². The zero-order valence-electron chi connectivity index (χ0n) is 14.3. The van der Waals surface area contributed by atoms with Crippen LogP contribution >= 0.6 is 0 Å². The molecule has 3 aromatic rings. The first-order valence-electron chi connectivity index (χ1n) is 7.78. The van der Waals surface area contributed by atoms with Crippen molar-refractivity contribution in [2.75, 3.05) is 24.7 Å². The molecule has 0 radical (unpaired) electrons. The summed E-state index contributed by atoms with van der Waals surface area (Å²) < 4.78 is 0. The minimum Gasteiger partial charge on any atom is -0.331 e. The van der Waals surface area contributed by atoms with Gasteiger partial charge in [-0.3, -0.25) is 10.1 Å². The number of aromatic amines is 1. The van der Waals surface area contributed by atoms with Gasteiger partial charge in [-0.15, -0.1) is 0 Å². The van der Waals surface area contributed by atoms with Gasteiger partial charge in [-0.2, -0.15) is 0 Å². The highest BCUT2D eigenvalue weighted by Crippen LogP contribution is 2.17. The number of rotatable bonds is 3. The first-order valence-corrected chi connectivity index (χ1v) is 7.78. The van der Waals surface area contributed by atoms with Crippen molar-refractivity contribution in [3.8, 4) is 0 Å². The number of nitrogens with zero attached hydrogens (tertiary/aromatic N) is 2. The number of fused-ring (bicyclic) bond motifs is 1. The van der Waals surface area contributed by atoms with Crippen LogP contribution in [-0.2, 0) is 0 Å². The van der Waals surface area contributed by atoms with Crippen LogP contribution in [0.15, 0.2) is 42.5 Å². The lowest BCUT2D eigenvalue weighted by molar-refractivity contribution is 0.102. The third-order valence-corrected chi connectivity index (χ3v) is 3.65. The molecule has 7 nitrogen and oxygen atoms in total. The van der Waals surface area contributed by atoms with Crippen LogP contribution in [-0.4, -0.2) is 40.9 Å². The van der Waals surface area contributed by atoms with Gasteiger partial charge in [0.1, 0.15) is 0 Å². The predicted molar refractivity (Wildman–Crippen MR) is 97.9 cm³/mol. The van der Waals surface area contributed by atoms with Crippen LogP contribution < -0.4 is 10.6 Å². The van der Waals surface area contributed by atoms with E-state index in [1.54, 1.807) is 38.4 Å². The monoisotopic (exact) mass is 337 g/mol. The van der Waals surface area contributed by atoms with Gasteiger partial charge >= 0.3 is 6.03 Å². The van der Waals surface area contributed by atoms with Crippen molar-refractivity contribution in [1.82, 2.24) is 14.9 Å². The van der Waals surface area contributed by atoms with E-state index in [-0.39, 0.29) is 11.9 Å². The summed E-state index contributed by atoms with van der Waals surface area (Å²) in [7, 11) is 3.30. The fourth-order valence-corrected chi connectivity index (χ4v) is 2.34. The number of hydrogen-bond donors (Lipinski definition) is 3. The van der Waals surface area contributed by atoms with Gasteiger partial charge in [0.05, 0.1) is 11.0 Å². The number of H-pyrrole nitrogens is 1. The molecule has 1 aromatic heterocycles. The van der Waals surface area contributed by atoms with Gasteiger partial charge in [0, 0.05) is 25.3 Å². The Balaban J connectivity index is 1.77. The number of anilines is 2. The number of urea groups is 1. The fourth-order valence-electron chi connectivity index (χ4n) is 2.34. The van der Waals surface area contributed by atoms with Crippen molar-refractivity contribution in [2.45, 2.75) is 6.92 Å². The van der Waals surface area contributed by atoms with Gasteiger partial charge in [0.2, 0.25) is 5.95 Å². The average Bonchev–Trinajstić information content (AvgIpc) is 2.96. The maximum Gasteiger partial charge on any atom is 0.321 e. The number of amides is 3. The molecule has 0 saturated carbocycles. The molecule has 7 heteroatoms. The largest absolute Gasteiger partial charge is 0.331 e. The summed E-state index contributed by atoms with van der Waals surface area (Å²) in [6, 6.07) is 12.3. The quantitative estimate of drug-likeness (QED) is 0.685. The number of imidazole rings is 1. The molecule has 1 heterocycles. The minimum atomic E-state index is -0.309. The molecule has 0 aliphatic carbocycles. The first kappa shape index (κ1) is 16.5. The number of hydrogen-bond acceptors (Lipinski definition) is 3. The topological polar surface area (TPSA) is 90.1 Å². The molecule has 0 fully saturated rings. The van der Waals surface area contributed by atoms with Crippen molar-refractivity contribution >= 4 is 34.6 Å². The predicted octanol–water partition coefficient (Wildman–Crippen LogP) is 3.22. The van der Waals surface area contributed by atoms with E-state index >= 15 is 0 Å². The average molecular weight is 337 g/mol. The standard InChI is InChI=1S/C18H19N5O2/c1-11-7-8-14-15(9-11)21-17(20-14)22-16(24)12-5-4-6-13(10-12)19-18(25)23(2)3/h4-10H,1-3H3,(H,19,25)(H2,20,21,22,24). The molecule has 25 heavy (non-hydrogen) atoms. The summed E-state index contributed by atoms with van der Waals surface area (Å²) in [6.45, 7) is 1.99. The van der Waals surface area contributed by atoms with Crippen LogP contribution in [0.3, 0.4) is 0 Å². The zero-order valence-corrected chi connectivity index (χ0v) is 14.3. The number of carbonyl (C=O) groups is 2. The van der Waals surface area contributed by atoms with Crippen LogP contribution in [0.1, 0.15) is 15.9 Å². The van der Waals surface area contributed by atoms with Gasteiger partial charge in [0.25, 0.3) is 5.91 Å². The highest BCUT2D eigenvalue weighted by atomic mass is 16.2. The van der Waals surface area contributed by atoms with Crippen LogP contribution in [0.2, 0.25) is 0 Å². The summed E-state index contributed by atoms with van der Waals surface area (Å²) in [5, 5.41) is 5.45. The SMILES string of the molecule is Cc1ccc2nc(NC(=O)c3cccc(NC(=O)N(C)C)c3)[nH]c2c1. The molecule has 0 aliphatic heterocycles. The third-order valence-electron chi connectivity index (χ3n) is 3.65. The Hall–Kier alpha value is -3.35. The minimum absolute atomic E-state index is 0.259. The molecule has 2 aromatic carbocycles. The Morgan fingerprint density at radius 2 is 1.88 bits per heavy atom. The number of aromatic nitrogens is 2. The molecule has 128 valence electrons. The highest BCUT2D eigenvalue weighted by Gasteiger charge is 2.11. The molecule has 0 unspecified atom stereocenters. The fraction of sp³-hybridized carbons (Fsp3) is 0.167. The van der Waals surface area contributed by atoms with Crippen molar-refractivity contribution < 1.29 is 9.59 Å². The van der Waals surface area contributed by atoms with Crippen molar-refractivity contribution in [2.24, 2.45) is 0 Å². The van der Waals surface area contributed by atoms with Crippen molar-refractivity contribution in [1.29, 1.82) is 0 Å². The maximum absolute atomic E-state index is 12.4. The Kier molecular flexibility index (Phi) is 4.38. The molecule has 3 amide bonds. The van der Waals surface area contributed by atoms with E-state index in [1.165, 1.54) is 4.90 Å². The summed E-state index contributed by atoms with van der Waals surface area (Å²) in [5.74, 6) is 0.0741. The second-order valence-electron chi connectivity index (χ2n) is 5.97. The molecule has 0 bridgehead atoms. The van der Waals surface area contributed by atoms with E-state index in [0.29, 0.717) is 17.2 Å². The number of benzene rings is 2. The molecule has 3 rings (SSSR count). The summed E-state index contributed by atoms with van der Waals surface area (Å²) in [6.07, 6.45) is 0. The van der Waals surface area contributed by atoms with Gasteiger partial charge < -0.3 is 15.2 Å². The Bertz CT molecular complexity index is 946. The van der Waals surface area contributed by atoms with E-state index in [2.05, 4.69) is 20.6 Å². The molecule has 3 N–H and O–H groups in total. The molecule has 0 spiro atoms. The van der Waals surface area contributed by atoms with Crippen molar-refractivity contribution in [3.05, 3.63) is 53.6 Å². The highest BCUT2D eigenvalue weighted by molar-refractivity contribution is 6.05. The smallest absolute Gasteiger partial charge is 0.321 e. The molecular formula is C18H19N5O2. The summed E-state index contributed by atoms with van der Waals surface area (Å²) in [4.78, 5) is 33.0. The second kappa shape index (κ2) is 6.64. The van der Waals surface area contributed by atoms with E-state index in [1.807, 2.05) is 25.1 Å². The van der Waals surface area contributed by atoms with Crippen LogP contribution in [0.4, 0.5) is 16.4 Å². The van der Waals surface area contributed by atoms with E-state index < -0.39 is 0 Å². The Morgan fingerprint density at radius 3 is 2.64 bits per heavy atom. The van der Waals surface area contributed by atoms with Gasteiger partial charge in [-0.1, -0.05) is 12.1 Å². The number of nitrogens with one attached hydrogen (secondary N) is 3. The van der Waals surface area contributed by atoms with Crippen LogP contribution in [0.5, 0.6) is 0 Å². The molecule has 0 saturated heterocycles. The molecular weight excluding hydrogens is 318 g/mol.